The molecule has 3 rings (SSSR count). The van der Waals surface area contributed by atoms with Gasteiger partial charge in [0.05, 0.1) is 11.0 Å². The van der Waals surface area contributed by atoms with E-state index in [1.807, 2.05) is 52.1 Å². The maximum absolute atomic E-state index is 12.2. The summed E-state index contributed by atoms with van der Waals surface area (Å²) in [5, 5.41) is 6.50. The van der Waals surface area contributed by atoms with Crippen LogP contribution in [-0.4, -0.2) is 52.7 Å². The molecule has 0 saturated carbocycles. The third-order valence-electron chi connectivity index (χ3n) is 3.99. The van der Waals surface area contributed by atoms with E-state index in [9.17, 15) is 4.79 Å². The molecule has 0 spiro atoms. The van der Waals surface area contributed by atoms with E-state index in [0.29, 0.717) is 24.7 Å². The van der Waals surface area contributed by atoms with Crippen LogP contribution in [0.5, 0.6) is 0 Å². The summed E-state index contributed by atoms with van der Waals surface area (Å²) in [6, 6.07) is 7.88. The average Bonchev–Trinajstić information content (AvgIpc) is 3.01. The van der Waals surface area contributed by atoms with Crippen molar-refractivity contribution in [1.82, 2.24) is 14.9 Å². The second kappa shape index (κ2) is 6.74. The summed E-state index contributed by atoms with van der Waals surface area (Å²) in [4.78, 5) is 23.2. The first kappa shape index (κ1) is 17.3. The summed E-state index contributed by atoms with van der Waals surface area (Å²) in [5.74, 6) is 1.41. The number of hydrogen-bond acceptors (Lipinski definition) is 6. The molecule has 25 heavy (non-hydrogen) atoms. The molecule has 0 bridgehead atoms. The number of fused-ring (bicyclic) bond motifs is 1. The molecule has 1 fully saturated rings. The number of carbonyl (C=O) groups excluding carboxylic acids is 1. The van der Waals surface area contributed by atoms with Crippen molar-refractivity contribution in [2.24, 2.45) is 0 Å². The van der Waals surface area contributed by atoms with E-state index in [2.05, 4.69) is 20.6 Å². The van der Waals surface area contributed by atoms with Crippen LogP contribution in [0.4, 0.5) is 16.4 Å². The van der Waals surface area contributed by atoms with Crippen LogP contribution in [0.2, 0.25) is 0 Å². The van der Waals surface area contributed by atoms with Crippen LogP contribution in [0, 0.1) is 0 Å². The highest BCUT2D eigenvalue weighted by Gasteiger charge is 2.30. The number of nitrogens with one attached hydrogen (secondary N) is 2. The molecule has 7 nitrogen and oxygen atoms in total. The Kier molecular flexibility index (Phi) is 4.65. The minimum Gasteiger partial charge on any atom is -0.444 e. The summed E-state index contributed by atoms with van der Waals surface area (Å²) in [5.41, 5.74) is 1.20. The molecule has 1 aromatic heterocycles. The van der Waals surface area contributed by atoms with E-state index in [0.717, 1.165) is 17.5 Å². The molecule has 2 aromatic rings. The van der Waals surface area contributed by atoms with Gasteiger partial charge in [0, 0.05) is 26.2 Å². The first-order chi connectivity index (χ1) is 11.9. The Balaban J connectivity index is 1.71. The molecule has 2 heterocycles. The number of anilines is 2. The SMILES string of the molecule is CNc1nc2ccccc2nc1N[C@@H]1CCN(C(=O)OC(C)(C)C)C1. The highest BCUT2D eigenvalue weighted by Crippen LogP contribution is 2.24. The molecule has 1 aliphatic rings. The standard InChI is InChI=1S/C18H25N5O2/c1-18(2,3)25-17(24)23-10-9-12(11-23)20-16-15(19-4)21-13-7-5-6-8-14(13)22-16/h5-8,12H,9-11H2,1-4H3,(H,19,21)(H,20,22)/t12-/m1/s1. The third-order valence-corrected chi connectivity index (χ3v) is 3.99. The largest absolute Gasteiger partial charge is 0.444 e. The Labute approximate surface area is 147 Å². The van der Waals surface area contributed by atoms with Gasteiger partial charge in [0.1, 0.15) is 5.60 Å². The van der Waals surface area contributed by atoms with Crippen molar-refractivity contribution in [2.45, 2.75) is 38.8 Å². The van der Waals surface area contributed by atoms with Crippen LogP contribution in [0.25, 0.3) is 11.0 Å². The molecular weight excluding hydrogens is 318 g/mol. The predicted molar refractivity (Wildman–Crippen MR) is 98.9 cm³/mol. The zero-order chi connectivity index (χ0) is 18.0. The molecule has 1 atom stereocenters. The second-order valence-corrected chi connectivity index (χ2v) is 7.22. The first-order valence-corrected chi connectivity index (χ1v) is 8.55. The third kappa shape index (κ3) is 4.10. The van der Waals surface area contributed by atoms with Crippen LogP contribution in [-0.2, 0) is 4.74 Å². The summed E-state index contributed by atoms with van der Waals surface area (Å²) in [6.07, 6.45) is 0.576. The minimum absolute atomic E-state index is 0.120. The molecule has 1 aliphatic heterocycles. The molecule has 134 valence electrons. The van der Waals surface area contributed by atoms with Crippen molar-refractivity contribution < 1.29 is 9.53 Å². The predicted octanol–water partition coefficient (Wildman–Crippen LogP) is 3.09. The van der Waals surface area contributed by atoms with Crippen LogP contribution in [0.3, 0.4) is 0 Å². The van der Waals surface area contributed by atoms with E-state index >= 15 is 0 Å². The zero-order valence-corrected chi connectivity index (χ0v) is 15.2. The fourth-order valence-electron chi connectivity index (χ4n) is 2.84. The van der Waals surface area contributed by atoms with Gasteiger partial charge in [0.25, 0.3) is 0 Å². The van der Waals surface area contributed by atoms with E-state index in [4.69, 9.17) is 4.74 Å². The van der Waals surface area contributed by atoms with Crippen LogP contribution < -0.4 is 10.6 Å². The number of aromatic nitrogens is 2. The zero-order valence-electron chi connectivity index (χ0n) is 15.2. The van der Waals surface area contributed by atoms with Crippen molar-refractivity contribution in [1.29, 1.82) is 0 Å². The number of ether oxygens (including phenoxy) is 1. The van der Waals surface area contributed by atoms with Crippen LogP contribution >= 0.6 is 0 Å². The Morgan fingerprint density at radius 1 is 1.20 bits per heavy atom. The van der Waals surface area contributed by atoms with E-state index in [-0.39, 0.29) is 12.1 Å². The lowest BCUT2D eigenvalue weighted by atomic mass is 10.2. The molecule has 1 amide bonds. The number of amides is 1. The Hall–Kier alpha value is -2.57. The summed E-state index contributed by atoms with van der Waals surface area (Å²) >= 11 is 0. The number of benzene rings is 1. The quantitative estimate of drug-likeness (QED) is 0.891. The van der Waals surface area contributed by atoms with Crippen molar-refractivity contribution >= 4 is 28.8 Å². The summed E-state index contributed by atoms with van der Waals surface area (Å²) < 4.78 is 5.44. The van der Waals surface area contributed by atoms with Gasteiger partial charge in [-0.05, 0) is 39.3 Å². The maximum Gasteiger partial charge on any atom is 0.410 e. The summed E-state index contributed by atoms with van der Waals surface area (Å²) in [7, 11) is 1.83. The number of rotatable bonds is 3. The van der Waals surface area contributed by atoms with Gasteiger partial charge in [-0.1, -0.05) is 12.1 Å². The van der Waals surface area contributed by atoms with Gasteiger partial charge in [0.15, 0.2) is 11.6 Å². The van der Waals surface area contributed by atoms with Gasteiger partial charge in [-0.3, -0.25) is 0 Å². The van der Waals surface area contributed by atoms with Gasteiger partial charge >= 0.3 is 6.09 Å². The normalized spacial score (nSPS) is 17.6. The van der Waals surface area contributed by atoms with E-state index < -0.39 is 5.60 Å². The number of carbonyl (C=O) groups is 1. The van der Waals surface area contributed by atoms with Gasteiger partial charge in [-0.15, -0.1) is 0 Å². The number of likely N-dealkylation sites (tertiary alicyclic amines) is 1. The van der Waals surface area contributed by atoms with Crippen molar-refractivity contribution in [2.75, 3.05) is 30.8 Å². The van der Waals surface area contributed by atoms with Gasteiger partial charge in [-0.25, -0.2) is 14.8 Å². The van der Waals surface area contributed by atoms with E-state index in [1.165, 1.54) is 0 Å². The highest BCUT2D eigenvalue weighted by molar-refractivity contribution is 5.80. The fraction of sp³-hybridized carbons (Fsp3) is 0.500. The Morgan fingerprint density at radius 3 is 2.44 bits per heavy atom. The monoisotopic (exact) mass is 343 g/mol. The maximum atomic E-state index is 12.2. The van der Waals surface area contributed by atoms with Crippen molar-refractivity contribution in [3.05, 3.63) is 24.3 Å². The molecular formula is C18H25N5O2. The number of nitrogens with zero attached hydrogens (tertiary/aromatic N) is 3. The van der Waals surface area contributed by atoms with Gasteiger partial charge in [0.2, 0.25) is 0 Å². The molecule has 0 radical (unpaired) electrons. The van der Waals surface area contributed by atoms with Crippen molar-refractivity contribution in [3.63, 3.8) is 0 Å². The highest BCUT2D eigenvalue weighted by atomic mass is 16.6. The molecule has 1 saturated heterocycles. The van der Waals surface area contributed by atoms with Crippen LogP contribution in [0.15, 0.2) is 24.3 Å². The number of para-hydroxylation sites is 2. The molecule has 0 unspecified atom stereocenters. The lowest BCUT2D eigenvalue weighted by molar-refractivity contribution is 0.0293. The smallest absolute Gasteiger partial charge is 0.410 e. The Bertz CT molecular complexity index is 772. The molecule has 7 heteroatoms. The van der Waals surface area contributed by atoms with Crippen molar-refractivity contribution in [3.8, 4) is 0 Å². The van der Waals surface area contributed by atoms with Crippen LogP contribution in [0.1, 0.15) is 27.2 Å². The average molecular weight is 343 g/mol. The minimum atomic E-state index is -0.480. The fourth-order valence-corrected chi connectivity index (χ4v) is 2.84. The second-order valence-electron chi connectivity index (χ2n) is 7.22. The van der Waals surface area contributed by atoms with Gasteiger partial charge < -0.3 is 20.3 Å². The molecule has 2 N–H and O–H groups in total. The Morgan fingerprint density at radius 2 is 1.84 bits per heavy atom. The van der Waals surface area contributed by atoms with Gasteiger partial charge in [-0.2, -0.15) is 0 Å². The number of hydrogen-bond donors (Lipinski definition) is 2. The molecule has 0 aliphatic carbocycles. The molecule has 1 aromatic carbocycles. The topological polar surface area (TPSA) is 79.4 Å². The summed E-state index contributed by atoms with van der Waals surface area (Å²) in [6.45, 7) is 6.89. The van der Waals surface area contributed by atoms with E-state index in [1.54, 1.807) is 4.90 Å². The lowest BCUT2D eigenvalue weighted by Crippen LogP contribution is -2.36. The lowest BCUT2D eigenvalue weighted by Gasteiger charge is -2.24. The first-order valence-electron chi connectivity index (χ1n) is 8.55.